The minimum Gasteiger partial charge on any atom is -0.492 e. The lowest BCUT2D eigenvalue weighted by Crippen LogP contribution is -2.40. The first kappa shape index (κ1) is 25.0. The van der Waals surface area contributed by atoms with Gasteiger partial charge in [0, 0.05) is 19.2 Å². The second-order valence-corrected chi connectivity index (χ2v) is 10.8. The Morgan fingerprint density at radius 2 is 1.70 bits per heavy atom. The molecule has 1 aliphatic rings. The molecule has 2 aromatic carbocycles. The number of hydrogen-bond acceptors (Lipinski definition) is 5. The predicted molar refractivity (Wildman–Crippen MR) is 129 cm³/mol. The summed E-state index contributed by atoms with van der Waals surface area (Å²) in [6, 6.07) is 14.4. The van der Waals surface area contributed by atoms with Crippen LogP contribution >= 0.6 is 0 Å². The third-order valence-corrected chi connectivity index (χ3v) is 7.22. The van der Waals surface area contributed by atoms with E-state index in [1.54, 1.807) is 18.2 Å². The summed E-state index contributed by atoms with van der Waals surface area (Å²) in [6.07, 6.45) is 3.27. The van der Waals surface area contributed by atoms with Gasteiger partial charge in [-0.1, -0.05) is 45.0 Å². The molecule has 0 spiro atoms. The Labute approximate surface area is 196 Å². The van der Waals surface area contributed by atoms with E-state index in [0.29, 0.717) is 38.6 Å². The fraction of sp³-hybridized carbons (Fsp3) is 0.400. The van der Waals surface area contributed by atoms with Gasteiger partial charge in [0.05, 0.1) is 24.7 Å². The molecule has 1 N–H and O–H groups in total. The molecule has 1 amide bonds. The summed E-state index contributed by atoms with van der Waals surface area (Å²) in [7, 11) is -3.52. The van der Waals surface area contributed by atoms with Gasteiger partial charge in [-0.15, -0.1) is 0 Å². The van der Waals surface area contributed by atoms with Crippen molar-refractivity contribution in [2.75, 3.05) is 39.5 Å². The zero-order chi connectivity index (χ0) is 23.9. The number of nitrogens with zero attached hydrogens (tertiary/aromatic N) is 1. The molecular formula is C25H32N2O5S. The number of hydrogen-bond donors (Lipinski definition) is 1. The van der Waals surface area contributed by atoms with Gasteiger partial charge in [0.1, 0.15) is 12.4 Å². The molecule has 1 saturated heterocycles. The molecule has 0 saturated carbocycles. The van der Waals surface area contributed by atoms with Crippen molar-refractivity contribution >= 4 is 22.0 Å². The maximum atomic E-state index is 12.6. The van der Waals surface area contributed by atoms with Crippen LogP contribution in [0.4, 0.5) is 0 Å². The van der Waals surface area contributed by atoms with Crippen molar-refractivity contribution in [3.05, 3.63) is 65.7 Å². The fourth-order valence-electron chi connectivity index (χ4n) is 3.31. The second kappa shape index (κ2) is 11.0. The lowest BCUT2D eigenvalue weighted by atomic mass is 9.87. The largest absolute Gasteiger partial charge is 0.492 e. The highest BCUT2D eigenvalue weighted by Crippen LogP contribution is 2.22. The Morgan fingerprint density at radius 3 is 2.30 bits per heavy atom. The van der Waals surface area contributed by atoms with Crippen molar-refractivity contribution in [1.29, 1.82) is 0 Å². The highest BCUT2D eigenvalue weighted by atomic mass is 32.2. The fourth-order valence-corrected chi connectivity index (χ4v) is 4.72. The van der Waals surface area contributed by atoms with E-state index in [9.17, 15) is 13.2 Å². The first-order chi connectivity index (χ1) is 15.7. The minimum absolute atomic E-state index is 0.0942. The number of carbonyl (C=O) groups is 1. The molecule has 0 aromatic heterocycles. The van der Waals surface area contributed by atoms with E-state index in [1.165, 1.54) is 28.1 Å². The molecule has 1 aliphatic heterocycles. The van der Waals surface area contributed by atoms with Crippen molar-refractivity contribution in [3.8, 4) is 5.75 Å². The van der Waals surface area contributed by atoms with Gasteiger partial charge in [-0.2, -0.15) is 4.31 Å². The Morgan fingerprint density at radius 1 is 1.06 bits per heavy atom. The third-order valence-electron chi connectivity index (χ3n) is 5.31. The van der Waals surface area contributed by atoms with Crippen LogP contribution in [-0.4, -0.2) is 58.1 Å². The Kier molecular flexibility index (Phi) is 8.29. The molecule has 0 atom stereocenters. The van der Waals surface area contributed by atoms with Crippen LogP contribution in [0.25, 0.3) is 6.08 Å². The van der Waals surface area contributed by atoms with E-state index >= 15 is 0 Å². The maximum absolute atomic E-state index is 12.6. The lowest BCUT2D eigenvalue weighted by molar-refractivity contribution is -0.116. The van der Waals surface area contributed by atoms with E-state index < -0.39 is 10.0 Å². The van der Waals surface area contributed by atoms with Gasteiger partial charge in [0.15, 0.2) is 0 Å². The van der Waals surface area contributed by atoms with Crippen LogP contribution in [-0.2, 0) is 25.0 Å². The maximum Gasteiger partial charge on any atom is 0.244 e. The number of sulfonamides is 1. The number of benzene rings is 2. The molecule has 0 aliphatic carbocycles. The van der Waals surface area contributed by atoms with Crippen LogP contribution in [0.15, 0.2) is 59.5 Å². The second-order valence-electron chi connectivity index (χ2n) is 8.83. The van der Waals surface area contributed by atoms with Gasteiger partial charge in [0.2, 0.25) is 15.9 Å². The number of morpholine rings is 1. The first-order valence-corrected chi connectivity index (χ1v) is 12.5. The van der Waals surface area contributed by atoms with Crippen molar-refractivity contribution in [1.82, 2.24) is 9.62 Å². The molecule has 2 aromatic rings. The summed E-state index contributed by atoms with van der Waals surface area (Å²) in [5.41, 5.74) is 2.30. The molecule has 0 radical (unpaired) electrons. The highest BCUT2D eigenvalue weighted by Gasteiger charge is 2.26. The summed E-state index contributed by atoms with van der Waals surface area (Å²) < 4.78 is 37.5. The van der Waals surface area contributed by atoms with Gasteiger partial charge in [-0.25, -0.2) is 8.42 Å². The number of ether oxygens (including phenoxy) is 2. The average molecular weight is 473 g/mol. The molecule has 0 bridgehead atoms. The molecule has 0 unspecified atom stereocenters. The quantitative estimate of drug-likeness (QED) is 0.471. The van der Waals surface area contributed by atoms with E-state index in [2.05, 4.69) is 38.2 Å². The van der Waals surface area contributed by atoms with E-state index in [4.69, 9.17) is 9.47 Å². The number of amides is 1. The lowest BCUT2D eigenvalue weighted by Gasteiger charge is -2.26. The average Bonchev–Trinajstić information content (AvgIpc) is 2.81. The highest BCUT2D eigenvalue weighted by molar-refractivity contribution is 7.89. The number of carbonyl (C=O) groups excluding carboxylic acids is 1. The third kappa shape index (κ3) is 7.15. The zero-order valence-corrected chi connectivity index (χ0v) is 20.2. The minimum atomic E-state index is -3.52. The normalized spacial score (nSPS) is 15.5. The molecule has 7 nitrogen and oxygen atoms in total. The summed E-state index contributed by atoms with van der Waals surface area (Å²) in [5, 5.41) is 2.77. The Bertz CT molecular complexity index is 1050. The summed E-state index contributed by atoms with van der Waals surface area (Å²) >= 11 is 0. The van der Waals surface area contributed by atoms with Crippen LogP contribution in [0, 0.1) is 0 Å². The Balaban J connectivity index is 1.42. The van der Waals surface area contributed by atoms with Gasteiger partial charge >= 0.3 is 0 Å². The van der Waals surface area contributed by atoms with Crippen LogP contribution in [0.1, 0.15) is 31.9 Å². The SMILES string of the molecule is CC(C)(C)c1ccc(/C=C/C(=O)NCCOc2ccc(S(=O)(=O)N3CCOCC3)cc2)cc1. The predicted octanol–water partition coefficient (Wildman–Crippen LogP) is 3.21. The molecule has 33 heavy (non-hydrogen) atoms. The number of rotatable bonds is 8. The van der Waals surface area contributed by atoms with Crippen molar-refractivity contribution in [3.63, 3.8) is 0 Å². The molecule has 178 valence electrons. The molecule has 1 heterocycles. The Hall–Kier alpha value is -2.68. The monoisotopic (exact) mass is 472 g/mol. The molecule has 3 rings (SSSR count). The zero-order valence-electron chi connectivity index (χ0n) is 19.4. The van der Waals surface area contributed by atoms with Crippen LogP contribution in [0.3, 0.4) is 0 Å². The van der Waals surface area contributed by atoms with Crippen molar-refractivity contribution in [2.24, 2.45) is 0 Å². The van der Waals surface area contributed by atoms with E-state index in [0.717, 1.165) is 5.56 Å². The van der Waals surface area contributed by atoms with Gasteiger partial charge < -0.3 is 14.8 Å². The van der Waals surface area contributed by atoms with Crippen LogP contribution in [0.5, 0.6) is 5.75 Å². The standard InChI is InChI=1S/C25H32N2O5S/c1-25(2,3)21-7-4-20(5-8-21)6-13-24(28)26-14-17-32-22-9-11-23(12-10-22)33(29,30)27-15-18-31-19-16-27/h4-13H,14-19H2,1-3H3,(H,26,28)/b13-6+. The van der Waals surface area contributed by atoms with Crippen LogP contribution in [0.2, 0.25) is 0 Å². The topological polar surface area (TPSA) is 84.9 Å². The van der Waals surface area contributed by atoms with E-state index in [1.807, 2.05) is 12.1 Å². The van der Waals surface area contributed by atoms with Gasteiger partial charge in [-0.3, -0.25) is 4.79 Å². The van der Waals surface area contributed by atoms with Crippen LogP contribution < -0.4 is 10.1 Å². The van der Waals surface area contributed by atoms with Gasteiger partial charge in [0.25, 0.3) is 0 Å². The molecular weight excluding hydrogens is 440 g/mol. The molecule has 8 heteroatoms. The van der Waals surface area contributed by atoms with E-state index in [-0.39, 0.29) is 22.8 Å². The summed E-state index contributed by atoms with van der Waals surface area (Å²) in [6.45, 7) is 8.62. The molecule has 1 fully saturated rings. The van der Waals surface area contributed by atoms with Gasteiger partial charge in [-0.05, 0) is 46.9 Å². The smallest absolute Gasteiger partial charge is 0.244 e. The summed E-state index contributed by atoms with van der Waals surface area (Å²) in [5.74, 6) is 0.338. The first-order valence-electron chi connectivity index (χ1n) is 11.0. The number of nitrogens with one attached hydrogen (secondary N) is 1. The van der Waals surface area contributed by atoms with Crippen molar-refractivity contribution in [2.45, 2.75) is 31.1 Å². The summed E-state index contributed by atoms with van der Waals surface area (Å²) in [4.78, 5) is 12.3. The van der Waals surface area contributed by atoms with Crippen molar-refractivity contribution < 1.29 is 22.7 Å².